The van der Waals surface area contributed by atoms with Crippen LogP contribution in [0.4, 0.5) is 0 Å². The molecule has 0 atom stereocenters. The van der Waals surface area contributed by atoms with E-state index < -0.39 is 0 Å². The zero-order chi connectivity index (χ0) is 14.5. The Balaban J connectivity index is 2.08. The largest absolute Gasteiger partial charge is 0.309 e. The number of hydrogen-bond acceptors (Lipinski definition) is 3. The lowest BCUT2D eigenvalue weighted by Crippen LogP contribution is -2.25. The van der Waals surface area contributed by atoms with Crippen molar-refractivity contribution in [3.05, 3.63) is 15.6 Å². The first-order valence-electron chi connectivity index (χ1n) is 8.38. The third-order valence-electron chi connectivity index (χ3n) is 4.53. The molecule has 1 saturated carbocycles. The quantitative estimate of drug-likeness (QED) is 0.747. The van der Waals surface area contributed by atoms with Crippen molar-refractivity contribution < 1.29 is 0 Å². The van der Waals surface area contributed by atoms with Gasteiger partial charge in [0.1, 0.15) is 0 Å². The number of rotatable bonds is 7. The van der Waals surface area contributed by atoms with Crippen LogP contribution in [-0.4, -0.2) is 11.0 Å². The summed E-state index contributed by atoms with van der Waals surface area (Å²) in [7, 11) is 0. The highest BCUT2D eigenvalue weighted by Gasteiger charge is 2.20. The molecular weight excluding hydrogens is 264 g/mol. The van der Waals surface area contributed by atoms with E-state index in [1.807, 2.05) is 11.3 Å². The fourth-order valence-corrected chi connectivity index (χ4v) is 4.58. The van der Waals surface area contributed by atoms with Gasteiger partial charge in [0.25, 0.3) is 0 Å². The summed E-state index contributed by atoms with van der Waals surface area (Å²) in [5.74, 6) is 1.19. The third kappa shape index (κ3) is 3.82. The topological polar surface area (TPSA) is 24.9 Å². The van der Waals surface area contributed by atoms with Crippen LogP contribution in [0.1, 0.15) is 93.6 Å². The van der Waals surface area contributed by atoms with Crippen LogP contribution in [0, 0.1) is 0 Å². The van der Waals surface area contributed by atoms with E-state index in [2.05, 4.69) is 33.0 Å². The average Bonchev–Trinajstić information content (AvgIpc) is 3.07. The first-order chi connectivity index (χ1) is 9.65. The maximum atomic E-state index is 4.98. The Morgan fingerprint density at radius 3 is 2.40 bits per heavy atom. The van der Waals surface area contributed by atoms with E-state index in [0.29, 0.717) is 11.8 Å². The molecule has 0 unspecified atom stereocenters. The molecule has 114 valence electrons. The number of nitrogens with zero attached hydrogens (tertiary/aromatic N) is 1. The summed E-state index contributed by atoms with van der Waals surface area (Å²) in [4.78, 5) is 6.46. The van der Waals surface area contributed by atoms with E-state index in [0.717, 1.165) is 12.6 Å². The van der Waals surface area contributed by atoms with Crippen molar-refractivity contribution in [2.24, 2.45) is 0 Å². The Bertz CT molecular complexity index is 401. The summed E-state index contributed by atoms with van der Waals surface area (Å²) in [6, 6.07) is 0.744. The average molecular weight is 295 g/mol. The fourth-order valence-electron chi connectivity index (χ4n) is 3.14. The van der Waals surface area contributed by atoms with Crippen LogP contribution in [0.5, 0.6) is 0 Å². The van der Waals surface area contributed by atoms with Crippen molar-refractivity contribution in [2.45, 2.75) is 90.6 Å². The van der Waals surface area contributed by atoms with Gasteiger partial charge in [0, 0.05) is 23.4 Å². The second-order valence-corrected chi connectivity index (χ2v) is 7.51. The molecule has 0 spiro atoms. The number of hydrogen-bond donors (Lipinski definition) is 1. The number of thiazole rings is 1. The lowest BCUT2D eigenvalue weighted by atomic mass is 10.0. The zero-order valence-electron chi connectivity index (χ0n) is 13.5. The molecule has 1 aliphatic carbocycles. The summed E-state index contributed by atoms with van der Waals surface area (Å²) < 4.78 is 0. The van der Waals surface area contributed by atoms with Crippen molar-refractivity contribution in [3.8, 4) is 0 Å². The second kappa shape index (κ2) is 7.56. The van der Waals surface area contributed by atoms with Crippen LogP contribution in [0.3, 0.4) is 0 Å². The molecule has 0 radical (unpaired) electrons. The van der Waals surface area contributed by atoms with Gasteiger partial charge in [-0.25, -0.2) is 4.98 Å². The van der Waals surface area contributed by atoms with Crippen LogP contribution in [0.15, 0.2) is 0 Å². The molecule has 1 aromatic rings. The monoisotopic (exact) mass is 294 g/mol. The molecule has 3 heteroatoms. The van der Waals surface area contributed by atoms with Gasteiger partial charge in [-0.15, -0.1) is 11.3 Å². The van der Waals surface area contributed by atoms with Gasteiger partial charge in [-0.1, -0.05) is 40.5 Å². The lowest BCUT2D eigenvalue weighted by Gasteiger charge is -2.12. The zero-order valence-corrected chi connectivity index (χ0v) is 14.4. The van der Waals surface area contributed by atoms with Gasteiger partial charge in [0.05, 0.1) is 10.7 Å². The molecule has 1 N–H and O–H groups in total. The highest BCUT2D eigenvalue weighted by Crippen LogP contribution is 2.33. The standard InChI is InChI=1S/C17H30N2S/c1-5-13(6-2)17-19-16(12(3)4)15(20-17)11-18-14-9-7-8-10-14/h12-14,18H,5-11H2,1-4H3. The summed E-state index contributed by atoms with van der Waals surface area (Å²) in [6.45, 7) is 10.1. The molecule has 0 bridgehead atoms. The molecule has 20 heavy (non-hydrogen) atoms. The van der Waals surface area contributed by atoms with E-state index in [-0.39, 0.29) is 0 Å². The summed E-state index contributed by atoms with van der Waals surface area (Å²) in [5.41, 5.74) is 1.34. The van der Waals surface area contributed by atoms with Crippen LogP contribution in [0.25, 0.3) is 0 Å². The van der Waals surface area contributed by atoms with E-state index in [1.54, 1.807) is 0 Å². The first-order valence-corrected chi connectivity index (χ1v) is 9.20. The van der Waals surface area contributed by atoms with Crippen molar-refractivity contribution in [1.29, 1.82) is 0 Å². The van der Waals surface area contributed by atoms with Gasteiger partial charge < -0.3 is 5.32 Å². The molecule has 1 heterocycles. The van der Waals surface area contributed by atoms with Crippen molar-refractivity contribution in [3.63, 3.8) is 0 Å². The van der Waals surface area contributed by atoms with E-state index in [9.17, 15) is 0 Å². The summed E-state index contributed by atoms with van der Waals surface area (Å²) in [6.07, 6.45) is 7.92. The van der Waals surface area contributed by atoms with Crippen LogP contribution in [-0.2, 0) is 6.54 Å². The van der Waals surface area contributed by atoms with Gasteiger partial charge >= 0.3 is 0 Å². The van der Waals surface area contributed by atoms with Crippen molar-refractivity contribution in [1.82, 2.24) is 10.3 Å². The maximum Gasteiger partial charge on any atom is 0.0962 e. The lowest BCUT2D eigenvalue weighted by molar-refractivity contribution is 0.524. The van der Waals surface area contributed by atoms with Crippen LogP contribution >= 0.6 is 11.3 Å². The Morgan fingerprint density at radius 2 is 1.85 bits per heavy atom. The molecule has 0 aliphatic heterocycles. The maximum absolute atomic E-state index is 4.98. The highest BCUT2D eigenvalue weighted by atomic mass is 32.1. The molecule has 0 saturated heterocycles. The van der Waals surface area contributed by atoms with Crippen LogP contribution in [0.2, 0.25) is 0 Å². The third-order valence-corrected chi connectivity index (χ3v) is 5.77. The van der Waals surface area contributed by atoms with Crippen molar-refractivity contribution >= 4 is 11.3 Å². The van der Waals surface area contributed by atoms with Crippen molar-refractivity contribution in [2.75, 3.05) is 0 Å². The molecule has 0 aromatic carbocycles. The molecule has 1 aliphatic rings. The predicted molar refractivity (Wildman–Crippen MR) is 88.6 cm³/mol. The normalized spacial score (nSPS) is 16.7. The highest BCUT2D eigenvalue weighted by molar-refractivity contribution is 7.11. The molecule has 1 aromatic heterocycles. The molecular formula is C17H30N2S. The SMILES string of the molecule is CCC(CC)c1nc(C(C)C)c(CNC2CCCC2)s1. The van der Waals surface area contributed by atoms with E-state index in [4.69, 9.17) is 4.98 Å². The van der Waals surface area contributed by atoms with E-state index >= 15 is 0 Å². The smallest absolute Gasteiger partial charge is 0.0962 e. The van der Waals surface area contributed by atoms with Gasteiger partial charge in [-0.05, 0) is 31.6 Å². The Morgan fingerprint density at radius 1 is 1.20 bits per heavy atom. The molecule has 0 amide bonds. The van der Waals surface area contributed by atoms with Crippen LogP contribution < -0.4 is 5.32 Å². The minimum Gasteiger partial charge on any atom is -0.309 e. The first kappa shape index (κ1) is 16.0. The Kier molecular flexibility index (Phi) is 6.03. The summed E-state index contributed by atoms with van der Waals surface area (Å²) in [5, 5.41) is 5.11. The Hall–Kier alpha value is -0.410. The minimum atomic E-state index is 0.537. The molecule has 1 fully saturated rings. The van der Waals surface area contributed by atoms with Gasteiger partial charge in [-0.2, -0.15) is 0 Å². The second-order valence-electron chi connectivity index (χ2n) is 6.39. The predicted octanol–water partition coefficient (Wildman–Crippen LogP) is 5.20. The molecule has 2 nitrogen and oxygen atoms in total. The van der Waals surface area contributed by atoms with Gasteiger partial charge in [-0.3, -0.25) is 0 Å². The Labute approximate surface area is 128 Å². The minimum absolute atomic E-state index is 0.537. The molecule has 2 rings (SSSR count). The fraction of sp³-hybridized carbons (Fsp3) is 0.824. The van der Waals surface area contributed by atoms with Gasteiger partial charge in [0.2, 0.25) is 0 Å². The van der Waals surface area contributed by atoms with Gasteiger partial charge in [0.15, 0.2) is 0 Å². The summed E-state index contributed by atoms with van der Waals surface area (Å²) >= 11 is 1.95. The number of aromatic nitrogens is 1. The number of nitrogens with one attached hydrogen (secondary N) is 1. The van der Waals surface area contributed by atoms with E-state index in [1.165, 1.54) is 54.1 Å².